The first-order valence-corrected chi connectivity index (χ1v) is 12.1. The zero-order valence-electron chi connectivity index (χ0n) is 20.5. The van der Waals surface area contributed by atoms with Crippen LogP contribution in [0.2, 0.25) is 0 Å². The Morgan fingerprint density at radius 2 is 1.83 bits per heavy atom. The number of piperidine rings is 1. The molecule has 0 saturated carbocycles. The third-order valence-corrected chi connectivity index (χ3v) is 6.56. The first-order valence-electron chi connectivity index (χ1n) is 12.1. The van der Waals surface area contributed by atoms with Gasteiger partial charge in [-0.25, -0.2) is 0 Å². The van der Waals surface area contributed by atoms with Crippen molar-refractivity contribution in [1.82, 2.24) is 24.6 Å². The first kappa shape index (κ1) is 23.6. The Bertz CT molecular complexity index is 1320. The van der Waals surface area contributed by atoms with Crippen molar-refractivity contribution >= 4 is 11.8 Å². The Balaban J connectivity index is 1.22. The van der Waals surface area contributed by atoms with Gasteiger partial charge >= 0.3 is 0 Å². The highest BCUT2D eigenvalue weighted by Gasteiger charge is 2.29. The van der Waals surface area contributed by atoms with Gasteiger partial charge in [-0.05, 0) is 62.2 Å². The van der Waals surface area contributed by atoms with E-state index in [1.807, 2.05) is 54.3 Å². The fourth-order valence-corrected chi connectivity index (χ4v) is 4.63. The fourth-order valence-electron chi connectivity index (χ4n) is 4.63. The summed E-state index contributed by atoms with van der Waals surface area (Å²) in [7, 11) is 1.77. The van der Waals surface area contributed by atoms with Crippen molar-refractivity contribution in [3.05, 3.63) is 83.9 Å². The highest BCUT2D eigenvalue weighted by Crippen LogP contribution is 2.30. The average Bonchev–Trinajstić information content (AvgIpc) is 3.67. The van der Waals surface area contributed by atoms with Crippen molar-refractivity contribution in [2.24, 2.45) is 0 Å². The molecule has 1 aliphatic heterocycles. The molecule has 1 aliphatic rings. The number of carbonyl (C=O) groups excluding carboxylic acids is 2. The van der Waals surface area contributed by atoms with Crippen molar-refractivity contribution in [3.63, 3.8) is 0 Å². The molecule has 5 heterocycles. The lowest BCUT2D eigenvalue weighted by Crippen LogP contribution is -2.40. The molecule has 5 rings (SSSR count). The molecule has 2 amide bonds. The van der Waals surface area contributed by atoms with Gasteiger partial charge in [-0.15, -0.1) is 0 Å². The molecule has 9 nitrogen and oxygen atoms in total. The van der Waals surface area contributed by atoms with Gasteiger partial charge in [0.25, 0.3) is 5.91 Å². The van der Waals surface area contributed by atoms with E-state index in [-0.39, 0.29) is 24.3 Å². The molecule has 9 heteroatoms. The molecule has 36 heavy (non-hydrogen) atoms. The molecule has 0 radical (unpaired) electrons. The van der Waals surface area contributed by atoms with Crippen LogP contribution in [-0.2, 0) is 17.9 Å². The van der Waals surface area contributed by atoms with Crippen molar-refractivity contribution in [3.8, 4) is 11.5 Å². The number of likely N-dealkylation sites (tertiary alicyclic amines) is 1. The smallest absolute Gasteiger partial charge is 0.255 e. The zero-order chi connectivity index (χ0) is 25.1. The quantitative estimate of drug-likeness (QED) is 0.389. The number of nitrogens with zero attached hydrogens (tertiary/aromatic N) is 5. The zero-order valence-corrected chi connectivity index (χ0v) is 20.5. The summed E-state index contributed by atoms with van der Waals surface area (Å²) < 4.78 is 12.4. The van der Waals surface area contributed by atoms with E-state index in [0.29, 0.717) is 36.7 Å². The van der Waals surface area contributed by atoms with Gasteiger partial charge in [-0.2, -0.15) is 5.10 Å². The third kappa shape index (κ3) is 5.10. The summed E-state index contributed by atoms with van der Waals surface area (Å²) in [5.74, 6) is 1.45. The highest BCUT2D eigenvalue weighted by atomic mass is 16.3. The molecule has 0 aromatic carbocycles. The molecule has 4 aromatic rings. The maximum Gasteiger partial charge on any atom is 0.255 e. The number of pyridine rings is 1. The number of hydrogen-bond donors (Lipinski definition) is 0. The van der Waals surface area contributed by atoms with Gasteiger partial charge in [0.05, 0.1) is 30.3 Å². The van der Waals surface area contributed by atoms with Crippen molar-refractivity contribution in [1.29, 1.82) is 0 Å². The highest BCUT2D eigenvalue weighted by molar-refractivity contribution is 5.95. The van der Waals surface area contributed by atoms with Crippen LogP contribution >= 0.6 is 0 Å². The van der Waals surface area contributed by atoms with E-state index in [4.69, 9.17) is 13.8 Å². The summed E-state index contributed by atoms with van der Waals surface area (Å²) in [6, 6.07) is 12.9. The second-order valence-corrected chi connectivity index (χ2v) is 9.16. The fraction of sp³-hybridized carbons (Fsp3) is 0.333. The van der Waals surface area contributed by atoms with Crippen LogP contribution in [0.1, 0.15) is 46.3 Å². The SMILES string of the molecule is Cc1ccc(C(=O)N(C)Cc2ccco2)c(C2CCN(C(=O)Cn3ccc(-c4ccco4)n3)CC2)n1. The van der Waals surface area contributed by atoms with Crippen LogP contribution in [0.5, 0.6) is 0 Å². The molecule has 186 valence electrons. The number of furan rings is 2. The molecular weight excluding hydrogens is 458 g/mol. The second-order valence-electron chi connectivity index (χ2n) is 9.16. The van der Waals surface area contributed by atoms with Crippen LogP contribution in [0, 0.1) is 6.92 Å². The number of aryl methyl sites for hydroxylation is 1. The topological polar surface area (TPSA) is 97.6 Å². The lowest BCUT2D eigenvalue weighted by Gasteiger charge is -2.32. The molecule has 0 N–H and O–H groups in total. The lowest BCUT2D eigenvalue weighted by atomic mass is 9.89. The summed E-state index contributed by atoms with van der Waals surface area (Å²) in [5.41, 5.74) is 3.00. The largest absolute Gasteiger partial charge is 0.467 e. The first-order chi connectivity index (χ1) is 17.5. The number of aromatic nitrogens is 3. The summed E-state index contributed by atoms with van der Waals surface area (Å²) >= 11 is 0. The maximum atomic E-state index is 13.3. The predicted octanol–water partition coefficient (Wildman–Crippen LogP) is 4.12. The molecular formula is C27H29N5O4. The van der Waals surface area contributed by atoms with Crippen molar-refractivity contribution in [2.45, 2.75) is 38.8 Å². The van der Waals surface area contributed by atoms with Crippen LogP contribution in [0.15, 0.2) is 70.0 Å². The number of carbonyl (C=O) groups is 2. The number of amides is 2. The van der Waals surface area contributed by atoms with Gasteiger partial charge in [0, 0.05) is 37.9 Å². The van der Waals surface area contributed by atoms with Gasteiger partial charge in [-0.3, -0.25) is 19.3 Å². The monoisotopic (exact) mass is 487 g/mol. The minimum Gasteiger partial charge on any atom is -0.467 e. The Morgan fingerprint density at radius 3 is 2.56 bits per heavy atom. The van der Waals surface area contributed by atoms with Gasteiger partial charge in [0.2, 0.25) is 5.91 Å². The minimum atomic E-state index is -0.0848. The lowest BCUT2D eigenvalue weighted by molar-refractivity contribution is -0.133. The molecule has 0 aliphatic carbocycles. The second kappa shape index (κ2) is 10.2. The van der Waals surface area contributed by atoms with E-state index in [2.05, 4.69) is 5.10 Å². The molecule has 1 fully saturated rings. The van der Waals surface area contributed by atoms with Crippen LogP contribution in [0.25, 0.3) is 11.5 Å². The molecule has 0 spiro atoms. The summed E-state index contributed by atoms with van der Waals surface area (Å²) in [5, 5.41) is 4.45. The van der Waals surface area contributed by atoms with Crippen LogP contribution in [-0.4, -0.2) is 56.5 Å². The van der Waals surface area contributed by atoms with Gasteiger partial charge < -0.3 is 18.6 Å². The molecule has 4 aromatic heterocycles. The third-order valence-electron chi connectivity index (χ3n) is 6.56. The minimum absolute atomic E-state index is 0.0224. The number of hydrogen-bond acceptors (Lipinski definition) is 6. The van der Waals surface area contributed by atoms with Crippen molar-refractivity contribution in [2.75, 3.05) is 20.1 Å². The summed E-state index contributed by atoms with van der Waals surface area (Å²) in [4.78, 5) is 34.5. The van der Waals surface area contributed by atoms with E-state index in [1.165, 1.54) is 0 Å². The van der Waals surface area contributed by atoms with Gasteiger partial charge in [0.1, 0.15) is 18.0 Å². The van der Waals surface area contributed by atoms with Gasteiger partial charge in [-0.1, -0.05) is 0 Å². The molecule has 1 saturated heterocycles. The van der Waals surface area contributed by atoms with Crippen LogP contribution in [0.4, 0.5) is 0 Å². The Kier molecular flexibility index (Phi) is 6.71. The van der Waals surface area contributed by atoms with Gasteiger partial charge in [0.15, 0.2) is 5.76 Å². The summed E-state index contributed by atoms with van der Waals surface area (Å²) in [6.45, 7) is 3.73. The Labute approximate surface area is 209 Å². The van der Waals surface area contributed by atoms with Crippen LogP contribution < -0.4 is 0 Å². The Morgan fingerprint density at radius 1 is 1.06 bits per heavy atom. The van der Waals surface area contributed by atoms with E-state index in [0.717, 1.165) is 30.0 Å². The van der Waals surface area contributed by atoms with E-state index in [9.17, 15) is 9.59 Å². The summed E-state index contributed by atoms with van der Waals surface area (Å²) in [6.07, 6.45) is 6.49. The standard InChI is InChI=1S/C27H29N5O4/c1-19-7-8-22(27(34)30(2)17-21-5-3-15-35-21)26(28-19)20-9-12-31(13-10-20)25(33)18-32-14-11-23(29-32)24-6-4-16-36-24/h3-8,11,14-16,20H,9-10,12-13,17-18H2,1-2H3. The van der Waals surface area contributed by atoms with Crippen LogP contribution in [0.3, 0.4) is 0 Å². The normalized spacial score (nSPS) is 14.2. The van der Waals surface area contributed by atoms with E-state index < -0.39 is 0 Å². The van der Waals surface area contributed by atoms with E-state index >= 15 is 0 Å². The van der Waals surface area contributed by atoms with E-state index in [1.54, 1.807) is 35.4 Å². The predicted molar refractivity (Wildman–Crippen MR) is 132 cm³/mol. The van der Waals surface area contributed by atoms with Crippen molar-refractivity contribution < 1.29 is 18.4 Å². The molecule has 0 atom stereocenters. The molecule has 0 bridgehead atoms. The maximum absolute atomic E-state index is 13.3. The molecule has 0 unspecified atom stereocenters. The average molecular weight is 488 g/mol. The number of rotatable bonds is 7. The Hall–Kier alpha value is -4.14.